The summed E-state index contributed by atoms with van der Waals surface area (Å²) in [5, 5.41) is 1.32. The topological polar surface area (TPSA) is 19.0 Å². The van der Waals surface area contributed by atoms with E-state index in [2.05, 4.69) is 96.5 Å². The third-order valence-electron chi connectivity index (χ3n) is 6.77. The minimum Gasteiger partial charge on any atom is -0.357 e. The van der Waals surface area contributed by atoms with Crippen molar-refractivity contribution in [1.82, 2.24) is 9.88 Å². The van der Waals surface area contributed by atoms with Crippen molar-refractivity contribution in [3.05, 3.63) is 95.2 Å². The van der Waals surface area contributed by atoms with E-state index in [0.717, 1.165) is 19.6 Å². The van der Waals surface area contributed by atoms with E-state index >= 15 is 0 Å². The second kappa shape index (κ2) is 8.12. The summed E-state index contributed by atoms with van der Waals surface area (Å²) in [5.41, 5.74) is 9.74. The molecule has 1 aromatic heterocycles. The third-order valence-corrected chi connectivity index (χ3v) is 6.77. The number of nitrogens with zero attached hydrogens (tertiary/aromatic N) is 1. The lowest BCUT2D eigenvalue weighted by atomic mass is 9.84. The zero-order valence-corrected chi connectivity index (χ0v) is 18.0. The zero-order chi connectivity index (χ0) is 20.5. The van der Waals surface area contributed by atoms with E-state index < -0.39 is 0 Å². The summed E-state index contributed by atoms with van der Waals surface area (Å²) in [4.78, 5) is 6.36. The van der Waals surface area contributed by atoms with E-state index in [1.807, 2.05) is 0 Å². The molecule has 2 heterocycles. The molecule has 0 bridgehead atoms. The lowest BCUT2D eigenvalue weighted by Crippen LogP contribution is -2.33. The summed E-state index contributed by atoms with van der Waals surface area (Å²) in [7, 11) is 0. The zero-order valence-electron chi connectivity index (χ0n) is 18.0. The van der Waals surface area contributed by atoms with Crippen LogP contribution in [-0.2, 0) is 6.54 Å². The number of H-pyrrole nitrogens is 1. The van der Waals surface area contributed by atoms with Gasteiger partial charge in [-0.15, -0.1) is 0 Å². The quantitative estimate of drug-likeness (QED) is 0.402. The highest BCUT2D eigenvalue weighted by atomic mass is 15.1. The molecule has 1 N–H and O–H groups in total. The first-order valence-corrected chi connectivity index (χ1v) is 11.1. The van der Waals surface area contributed by atoms with Gasteiger partial charge < -0.3 is 4.98 Å². The van der Waals surface area contributed by atoms with Crippen LogP contribution in [0.1, 0.15) is 41.1 Å². The number of likely N-dealkylation sites (tertiary alicyclic amines) is 1. The van der Waals surface area contributed by atoms with Gasteiger partial charge in [0, 0.05) is 28.7 Å². The number of rotatable bonds is 4. The van der Waals surface area contributed by atoms with E-state index in [0.29, 0.717) is 5.92 Å². The molecular formula is C28H30N2. The molecular weight excluding hydrogens is 364 g/mol. The Bertz CT molecular complexity index is 1130. The van der Waals surface area contributed by atoms with Gasteiger partial charge in [-0.1, -0.05) is 66.7 Å². The summed E-state index contributed by atoms with van der Waals surface area (Å²) in [5.74, 6) is 0.693. The van der Waals surface area contributed by atoms with Gasteiger partial charge in [-0.05, 0) is 74.0 Å². The maximum Gasteiger partial charge on any atom is 0.0462 e. The lowest BCUT2D eigenvalue weighted by Gasteiger charge is -2.33. The predicted octanol–water partition coefficient (Wildman–Crippen LogP) is 6.83. The number of aryl methyl sites for hydroxylation is 2. The molecule has 0 aliphatic carbocycles. The largest absolute Gasteiger partial charge is 0.357 e. The van der Waals surface area contributed by atoms with Crippen molar-refractivity contribution in [2.45, 2.75) is 39.2 Å². The van der Waals surface area contributed by atoms with Crippen LogP contribution in [-0.4, -0.2) is 23.0 Å². The van der Waals surface area contributed by atoms with Crippen LogP contribution in [0.4, 0.5) is 0 Å². The van der Waals surface area contributed by atoms with Crippen molar-refractivity contribution in [3.8, 4) is 11.1 Å². The molecule has 152 valence electrons. The van der Waals surface area contributed by atoms with Gasteiger partial charge in [0.25, 0.3) is 0 Å². The Morgan fingerprint density at radius 1 is 0.800 bits per heavy atom. The average molecular weight is 395 g/mol. The van der Waals surface area contributed by atoms with Gasteiger partial charge in [-0.25, -0.2) is 0 Å². The van der Waals surface area contributed by atoms with E-state index in [1.54, 1.807) is 5.56 Å². The molecule has 3 aromatic carbocycles. The van der Waals surface area contributed by atoms with Crippen LogP contribution >= 0.6 is 0 Å². The number of hydrogen-bond acceptors (Lipinski definition) is 1. The first-order valence-electron chi connectivity index (χ1n) is 11.1. The number of aromatic amines is 1. The standard InChI is InChI=1S/C28H30N2/c1-20-9-8-10-21(2)27(20)23-15-17-30(18-16-23)19-26-28(22-11-4-3-5-12-22)24-13-6-7-14-25(24)29-26/h3-14,23,29H,15-19H2,1-2H3. The van der Waals surface area contributed by atoms with E-state index in [9.17, 15) is 0 Å². The molecule has 5 rings (SSSR count). The Hall–Kier alpha value is -2.84. The molecule has 1 fully saturated rings. The van der Waals surface area contributed by atoms with Crippen LogP contribution in [0.2, 0.25) is 0 Å². The molecule has 4 aromatic rings. The Balaban J connectivity index is 1.39. The van der Waals surface area contributed by atoms with E-state index in [4.69, 9.17) is 0 Å². The number of para-hydroxylation sites is 1. The highest BCUT2D eigenvalue weighted by Crippen LogP contribution is 2.36. The molecule has 1 aliphatic rings. The van der Waals surface area contributed by atoms with Crippen molar-refractivity contribution in [1.29, 1.82) is 0 Å². The second-order valence-corrected chi connectivity index (χ2v) is 8.75. The van der Waals surface area contributed by atoms with Gasteiger partial charge in [-0.2, -0.15) is 0 Å². The SMILES string of the molecule is Cc1cccc(C)c1C1CCN(Cc2[nH]c3ccccc3c2-c2ccccc2)CC1. The van der Waals surface area contributed by atoms with Gasteiger partial charge in [0.05, 0.1) is 0 Å². The summed E-state index contributed by atoms with van der Waals surface area (Å²) < 4.78 is 0. The number of fused-ring (bicyclic) bond motifs is 1. The Morgan fingerprint density at radius 2 is 1.47 bits per heavy atom. The maximum atomic E-state index is 3.73. The molecule has 30 heavy (non-hydrogen) atoms. The van der Waals surface area contributed by atoms with Crippen molar-refractivity contribution >= 4 is 10.9 Å². The fraction of sp³-hybridized carbons (Fsp3) is 0.286. The molecule has 0 amide bonds. The van der Waals surface area contributed by atoms with Gasteiger partial charge in [0.1, 0.15) is 0 Å². The lowest BCUT2D eigenvalue weighted by molar-refractivity contribution is 0.203. The van der Waals surface area contributed by atoms with E-state index in [-0.39, 0.29) is 0 Å². The fourth-order valence-electron chi connectivity index (χ4n) is 5.33. The van der Waals surface area contributed by atoms with Crippen LogP contribution in [0.15, 0.2) is 72.8 Å². The summed E-state index contributed by atoms with van der Waals surface area (Å²) >= 11 is 0. The first kappa shape index (κ1) is 19.1. The maximum absolute atomic E-state index is 3.73. The highest BCUT2D eigenvalue weighted by molar-refractivity contribution is 5.97. The van der Waals surface area contributed by atoms with E-state index in [1.165, 1.54) is 51.7 Å². The van der Waals surface area contributed by atoms with Gasteiger partial charge in [-0.3, -0.25) is 4.90 Å². The Kier molecular flexibility index (Phi) is 5.18. The number of hydrogen-bond donors (Lipinski definition) is 1. The molecule has 0 unspecified atom stereocenters. The van der Waals surface area contributed by atoms with Crippen LogP contribution < -0.4 is 0 Å². The molecule has 0 spiro atoms. The molecule has 2 heteroatoms. The molecule has 1 saturated heterocycles. The van der Waals surface area contributed by atoms with Gasteiger partial charge in [0.2, 0.25) is 0 Å². The average Bonchev–Trinajstić information content (AvgIpc) is 3.13. The second-order valence-electron chi connectivity index (χ2n) is 8.75. The smallest absolute Gasteiger partial charge is 0.0462 e. The minimum atomic E-state index is 0.693. The molecule has 2 nitrogen and oxygen atoms in total. The molecule has 0 saturated carbocycles. The van der Waals surface area contributed by atoms with Crippen molar-refractivity contribution in [2.24, 2.45) is 0 Å². The molecule has 0 radical (unpaired) electrons. The van der Waals surface area contributed by atoms with Gasteiger partial charge >= 0.3 is 0 Å². The number of benzene rings is 3. The monoisotopic (exact) mass is 394 g/mol. The predicted molar refractivity (Wildman–Crippen MR) is 127 cm³/mol. The van der Waals surface area contributed by atoms with Crippen molar-refractivity contribution < 1.29 is 0 Å². The van der Waals surface area contributed by atoms with Crippen molar-refractivity contribution in [2.75, 3.05) is 13.1 Å². The Morgan fingerprint density at radius 3 is 2.20 bits per heavy atom. The first-order chi connectivity index (χ1) is 14.7. The number of piperidine rings is 1. The van der Waals surface area contributed by atoms with Crippen LogP contribution in [0.5, 0.6) is 0 Å². The summed E-state index contributed by atoms with van der Waals surface area (Å²) in [6.45, 7) is 7.83. The van der Waals surface area contributed by atoms with Crippen molar-refractivity contribution in [3.63, 3.8) is 0 Å². The normalized spacial score (nSPS) is 15.7. The van der Waals surface area contributed by atoms with Gasteiger partial charge in [0.15, 0.2) is 0 Å². The fourth-order valence-corrected chi connectivity index (χ4v) is 5.33. The summed E-state index contributed by atoms with van der Waals surface area (Å²) in [6, 6.07) is 26.2. The number of nitrogens with one attached hydrogen (secondary N) is 1. The number of aromatic nitrogens is 1. The van der Waals surface area contributed by atoms with Crippen LogP contribution in [0, 0.1) is 13.8 Å². The minimum absolute atomic E-state index is 0.693. The Labute approximate surface area is 179 Å². The third kappa shape index (κ3) is 3.57. The summed E-state index contributed by atoms with van der Waals surface area (Å²) in [6.07, 6.45) is 2.49. The van der Waals surface area contributed by atoms with Crippen LogP contribution in [0.3, 0.4) is 0 Å². The molecule has 0 atom stereocenters. The molecule has 1 aliphatic heterocycles. The van der Waals surface area contributed by atoms with Crippen LogP contribution in [0.25, 0.3) is 22.0 Å². The highest BCUT2D eigenvalue weighted by Gasteiger charge is 2.24.